The summed E-state index contributed by atoms with van der Waals surface area (Å²) in [5.74, 6) is -4.18. The second-order valence-electron chi connectivity index (χ2n) is 9.77. The fourth-order valence-corrected chi connectivity index (χ4v) is 7.12. The lowest BCUT2D eigenvalue weighted by Gasteiger charge is -2.49. The van der Waals surface area contributed by atoms with Crippen LogP contribution < -0.4 is 16.4 Å². The van der Waals surface area contributed by atoms with Crippen LogP contribution in [0.3, 0.4) is 0 Å². The van der Waals surface area contributed by atoms with Crippen molar-refractivity contribution in [1.82, 2.24) is 20.5 Å². The van der Waals surface area contributed by atoms with E-state index in [1.165, 1.54) is 5.38 Å². The van der Waals surface area contributed by atoms with Crippen LogP contribution in [-0.4, -0.2) is 80.4 Å². The Morgan fingerprint density at radius 2 is 2.02 bits per heavy atom. The number of carboxylic acids is 1. The van der Waals surface area contributed by atoms with Crippen LogP contribution in [-0.2, 0) is 24.0 Å². The van der Waals surface area contributed by atoms with Crippen molar-refractivity contribution in [3.05, 3.63) is 33.5 Å². The zero-order valence-corrected chi connectivity index (χ0v) is 23.0. The Kier molecular flexibility index (Phi) is 8.00. The number of nitrogens with one attached hydrogen (secondary N) is 2. The van der Waals surface area contributed by atoms with Gasteiger partial charge in [0.1, 0.15) is 28.9 Å². The van der Waals surface area contributed by atoms with Crippen molar-refractivity contribution in [2.75, 3.05) is 18.0 Å². The molecule has 17 heteroatoms. The van der Waals surface area contributed by atoms with E-state index in [-0.39, 0.29) is 52.5 Å². The summed E-state index contributed by atoms with van der Waals surface area (Å²) in [5, 5.41) is 19.7. The first-order valence-corrected chi connectivity index (χ1v) is 14.6. The summed E-state index contributed by atoms with van der Waals surface area (Å²) in [4.78, 5) is 61.5. The van der Waals surface area contributed by atoms with Crippen molar-refractivity contribution >= 4 is 57.6 Å². The lowest BCUT2D eigenvalue weighted by atomic mass is 9.92. The number of halogens is 3. The molecule has 0 bridgehead atoms. The van der Waals surface area contributed by atoms with Crippen LogP contribution in [0.2, 0.25) is 0 Å². The highest BCUT2D eigenvalue weighted by atomic mass is 32.2. The quantitative estimate of drug-likeness (QED) is 0.147. The number of aromatic nitrogens is 1. The molecule has 0 aromatic carbocycles. The molecule has 1 saturated carbocycles. The molecule has 3 amide bonds. The Labute approximate surface area is 239 Å². The van der Waals surface area contributed by atoms with E-state index in [4.69, 9.17) is 10.6 Å². The highest BCUT2D eigenvalue weighted by Gasteiger charge is 2.55. The number of hydrogen-bond donors (Lipinski definition) is 4. The smallest absolute Gasteiger partial charge is 0.393 e. The monoisotopic (exact) mass is 614 g/mol. The SMILES string of the molecule is Nc1nc(C(=NOC2CCCC2)C(=O)N[C@@H]2C(=O)N3C(C(=O)O)=C(C(CC(F)(F)F)=C4CCNC4=O)CS[C@H]23)cs1. The Hall–Kier alpha value is -3.60. The summed E-state index contributed by atoms with van der Waals surface area (Å²) < 4.78 is 40.5. The van der Waals surface area contributed by atoms with Crippen LogP contribution in [0.4, 0.5) is 18.3 Å². The summed E-state index contributed by atoms with van der Waals surface area (Å²) in [6, 6.07) is -1.19. The van der Waals surface area contributed by atoms with Gasteiger partial charge in [-0.2, -0.15) is 13.2 Å². The predicted octanol–water partition coefficient (Wildman–Crippen LogP) is 1.90. The molecule has 41 heavy (non-hydrogen) atoms. The molecule has 4 aliphatic rings. The lowest BCUT2D eigenvalue weighted by Crippen LogP contribution is -2.71. The van der Waals surface area contributed by atoms with Gasteiger partial charge in [-0.15, -0.1) is 23.1 Å². The Bertz CT molecular complexity index is 1380. The van der Waals surface area contributed by atoms with Crippen LogP contribution in [0.25, 0.3) is 0 Å². The van der Waals surface area contributed by atoms with Gasteiger partial charge in [-0.1, -0.05) is 5.16 Å². The molecule has 0 spiro atoms. The van der Waals surface area contributed by atoms with Crippen LogP contribution in [0.1, 0.15) is 44.2 Å². The number of β-lactam (4-membered cyclic amide) rings is 1. The molecule has 3 aliphatic heterocycles. The molecule has 1 aromatic rings. The van der Waals surface area contributed by atoms with E-state index in [1.54, 1.807) is 0 Å². The topological polar surface area (TPSA) is 176 Å². The summed E-state index contributed by atoms with van der Waals surface area (Å²) >= 11 is 2.06. The maximum absolute atomic E-state index is 13.5. The number of thiazole rings is 1. The molecule has 12 nitrogen and oxygen atoms in total. The van der Waals surface area contributed by atoms with Gasteiger partial charge < -0.3 is 26.3 Å². The third kappa shape index (κ3) is 5.91. The van der Waals surface area contributed by atoms with Crippen molar-refractivity contribution in [2.24, 2.45) is 5.16 Å². The van der Waals surface area contributed by atoms with E-state index in [1.807, 2.05) is 0 Å². The molecule has 5 rings (SSSR count). The van der Waals surface area contributed by atoms with Crippen LogP contribution >= 0.6 is 23.1 Å². The minimum absolute atomic E-state index is 0.00641. The van der Waals surface area contributed by atoms with Crippen molar-refractivity contribution < 1.29 is 42.3 Å². The summed E-state index contributed by atoms with van der Waals surface area (Å²) in [6.07, 6.45) is -2.96. The Morgan fingerprint density at radius 3 is 2.61 bits per heavy atom. The van der Waals surface area contributed by atoms with Crippen molar-refractivity contribution in [2.45, 2.75) is 62.2 Å². The summed E-state index contributed by atoms with van der Waals surface area (Å²) in [7, 11) is 0. The number of fused-ring (bicyclic) bond motifs is 1. The predicted molar refractivity (Wildman–Crippen MR) is 141 cm³/mol. The van der Waals surface area contributed by atoms with Crippen molar-refractivity contribution in [3.63, 3.8) is 0 Å². The minimum atomic E-state index is -4.73. The zero-order chi connectivity index (χ0) is 29.5. The molecule has 220 valence electrons. The second-order valence-corrected chi connectivity index (χ2v) is 11.8. The molecule has 2 atom stereocenters. The fourth-order valence-electron chi connectivity index (χ4n) is 5.19. The van der Waals surface area contributed by atoms with Gasteiger partial charge in [-0.05, 0) is 43.3 Å². The fraction of sp³-hybridized carbons (Fsp3) is 0.500. The first-order chi connectivity index (χ1) is 19.4. The zero-order valence-electron chi connectivity index (χ0n) is 21.3. The van der Waals surface area contributed by atoms with E-state index >= 15 is 0 Å². The van der Waals surface area contributed by atoms with E-state index < -0.39 is 59.0 Å². The number of anilines is 1. The largest absolute Gasteiger partial charge is 0.477 e. The number of thioether (sulfide) groups is 1. The molecule has 0 unspecified atom stereocenters. The lowest BCUT2D eigenvalue weighted by molar-refractivity contribution is -0.150. The third-order valence-corrected chi connectivity index (χ3v) is 9.03. The molecule has 2 saturated heterocycles. The summed E-state index contributed by atoms with van der Waals surface area (Å²) in [5.41, 5.74) is 4.15. The number of hydrogen-bond acceptors (Lipinski definition) is 10. The Balaban J connectivity index is 1.41. The molecule has 3 fully saturated rings. The number of carbonyl (C=O) groups is 4. The number of nitrogen functional groups attached to an aromatic ring is 1. The number of oxime groups is 1. The highest BCUT2D eigenvalue weighted by Crippen LogP contribution is 2.45. The normalized spacial score (nSPS) is 24.7. The second kappa shape index (κ2) is 11.3. The number of nitrogens with zero attached hydrogens (tertiary/aromatic N) is 3. The number of allylic oxidation sites excluding steroid dienone is 1. The maximum atomic E-state index is 13.5. The molecule has 4 heterocycles. The standard InChI is InChI=1S/C24H25F3N6O6S2/c25-24(26,27)7-12(11-5-6-29-18(11)34)13-8-40-21-16(20(36)33(21)17(13)22(37)38)31-19(35)15(14-9-41-23(28)30-14)32-39-10-3-1-2-4-10/h9-10,16,21H,1-8H2,(H2,28,30)(H,29,34)(H,31,35)(H,37,38)/t16-,21-/m1/s1. The number of aliphatic carboxylic acids is 1. The number of alkyl halides is 3. The van der Waals surface area contributed by atoms with Crippen molar-refractivity contribution in [3.8, 4) is 0 Å². The van der Waals surface area contributed by atoms with Gasteiger partial charge in [0.25, 0.3) is 11.8 Å². The first-order valence-electron chi connectivity index (χ1n) is 12.7. The van der Waals surface area contributed by atoms with Gasteiger partial charge in [-0.3, -0.25) is 19.3 Å². The molecule has 5 N–H and O–H groups in total. The van der Waals surface area contributed by atoms with Gasteiger partial charge in [-0.25, -0.2) is 9.78 Å². The average Bonchev–Trinajstić information content (AvgIpc) is 3.67. The third-order valence-electron chi connectivity index (χ3n) is 7.07. The first kappa shape index (κ1) is 28.9. The van der Waals surface area contributed by atoms with Gasteiger partial charge in [0.05, 0.1) is 6.42 Å². The maximum Gasteiger partial charge on any atom is 0.393 e. The van der Waals surface area contributed by atoms with Gasteiger partial charge in [0, 0.05) is 23.3 Å². The van der Waals surface area contributed by atoms with Crippen LogP contribution in [0, 0.1) is 0 Å². The van der Waals surface area contributed by atoms with E-state index in [9.17, 15) is 37.5 Å². The molecule has 1 aromatic heterocycles. The van der Waals surface area contributed by atoms with Gasteiger partial charge >= 0.3 is 12.1 Å². The molecular weight excluding hydrogens is 589 g/mol. The van der Waals surface area contributed by atoms with Gasteiger partial charge in [0.15, 0.2) is 10.8 Å². The number of rotatable bonds is 8. The average molecular weight is 615 g/mol. The molecule has 1 aliphatic carbocycles. The Morgan fingerprint density at radius 1 is 1.29 bits per heavy atom. The van der Waals surface area contributed by atoms with Gasteiger partial charge in [0.2, 0.25) is 5.91 Å². The number of nitrogens with two attached hydrogens (primary N) is 1. The number of amides is 3. The van der Waals surface area contributed by atoms with Crippen LogP contribution in [0.15, 0.2) is 33.0 Å². The molecular formula is C24H25F3N6O6S2. The van der Waals surface area contributed by atoms with E-state index in [0.29, 0.717) is 0 Å². The summed E-state index contributed by atoms with van der Waals surface area (Å²) in [6.45, 7) is 0.122. The minimum Gasteiger partial charge on any atom is -0.477 e. The molecule has 0 radical (unpaired) electrons. The van der Waals surface area contributed by atoms with Crippen molar-refractivity contribution in [1.29, 1.82) is 0 Å². The van der Waals surface area contributed by atoms with E-state index in [2.05, 4.69) is 20.8 Å². The number of carbonyl (C=O) groups excluding carboxylic acids is 3. The number of carboxylic acid groups (broad SMARTS) is 1. The van der Waals surface area contributed by atoms with E-state index in [0.717, 1.165) is 53.7 Å². The highest BCUT2D eigenvalue weighted by molar-refractivity contribution is 8.00. The van der Waals surface area contributed by atoms with Crippen LogP contribution in [0.5, 0.6) is 0 Å².